The number of likely N-dealkylation sites (tertiary alicyclic amines) is 1. The number of nitrogens with one attached hydrogen (secondary N) is 2. The number of anilines is 1. The summed E-state index contributed by atoms with van der Waals surface area (Å²) < 4.78 is 13.2. The highest BCUT2D eigenvalue weighted by molar-refractivity contribution is 5.94. The SMILES string of the molecule is O=C(NCc1ccc([C@H]2O[C@@H](CN3CCC4(CC3)C(=O)NCN4c3ccccc3)C[C@@H](c3ccc(CO)cc3)O2)cc1)c1cnc2ccccc2n1. The van der Waals surface area contributed by atoms with Gasteiger partial charge in [-0.25, -0.2) is 4.98 Å². The summed E-state index contributed by atoms with van der Waals surface area (Å²) in [6, 6.07) is 33.4. The molecule has 3 saturated heterocycles. The summed E-state index contributed by atoms with van der Waals surface area (Å²) in [5, 5.41) is 15.6. The van der Waals surface area contributed by atoms with Crippen LogP contribution in [0.3, 0.4) is 0 Å². The fraction of sp³-hybridized carbons (Fsp3) is 0.317. The van der Waals surface area contributed by atoms with Crippen LogP contribution >= 0.6 is 0 Å². The first-order valence-corrected chi connectivity index (χ1v) is 17.9. The summed E-state index contributed by atoms with van der Waals surface area (Å²) in [6.45, 7) is 3.12. The molecule has 3 aliphatic rings. The lowest BCUT2D eigenvalue weighted by Crippen LogP contribution is -2.57. The molecule has 11 heteroatoms. The van der Waals surface area contributed by atoms with Crippen LogP contribution in [0.1, 0.15) is 64.4 Å². The summed E-state index contributed by atoms with van der Waals surface area (Å²) in [4.78, 5) is 39.5. The van der Waals surface area contributed by atoms with E-state index in [0.29, 0.717) is 25.2 Å². The maximum Gasteiger partial charge on any atom is 0.271 e. The molecular formula is C41H42N6O5. The molecule has 266 valence electrons. The Labute approximate surface area is 302 Å². The summed E-state index contributed by atoms with van der Waals surface area (Å²) in [5.41, 5.74) is 5.90. The maximum atomic E-state index is 13.2. The van der Waals surface area contributed by atoms with Crippen molar-refractivity contribution in [2.45, 2.75) is 56.5 Å². The predicted octanol–water partition coefficient (Wildman–Crippen LogP) is 5.03. The Bertz CT molecular complexity index is 2020. The molecule has 0 bridgehead atoms. The maximum absolute atomic E-state index is 13.2. The molecule has 3 fully saturated rings. The zero-order chi connectivity index (χ0) is 35.5. The van der Waals surface area contributed by atoms with Crippen molar-refractivity contribution in [1.29, 1.82) is 0 Å². The number of hydrogen-bond donors (Lipinski definition) is 3. The fourth-order valence-corrected chi connectivity index (χ4v) is 7.59. The van der Waals surface area contributed by atoms with Crippen molar-refractivity contribution >= 4 is 28.5 Å². The van der Waals surface area contributed by atoms with E-state index in [9.17, 15) is 14.7 Å². The van der Waals surface area contributed by atoms with Crippen LogP contribution < -0.4 is 15.5 Å². The van der Waals surface area contributed by atoms with Crippen LogP contribution in [0.25, 0.3) is 11.0 Å². The van der Waals surface area contributed by atoms with Gasteiger partial charge in [0.15, 0.2) is 6.29 Å². The van der Waals surface area contributed by atoms with Crippen molar-refractivity contribution < 1.29 is 24.2 Å². The first-order chi connectivity index (χ1) is 25.5. The van der Waals surface area contributed by atoms with E-state index in [4.69, 9.17) is 9.47 Å². The Hall–Kier alpha value is -5.20. The smallest absolute Gasteiger partial charge is 0.271 e. The molecule has 5 aromatic rings. The second kappa shape index (κ2) is 14.8. The van der Waals surface area contributed by atoms with E-state index in [0.717, 1.165) is 65.9 Å². The number of aliphatic hydroxyl groups excluding tert-OH is 1. The molecule has 0 saturated carbocycles. The molecular weight excluding hydrogens is 656 g/mol. The van der Waals surface area contributed by atoms with Crippen molar-refractivity contribution in [3.05, 3.63) is 137 Å². The Balaban J connectivity index is 0.937. The number of fused-ring (bicyclic) bond motifs is 1. The lowest BCUT2D eigenvalue weighted by atomic mass is 9.85. The molecule has 1 aromatic heterocycles. The molecule has 0 unspecified atom stereocenters. The lowest BCUT2D eigenvalue weighted by Gasteiger charge is -2.45. The topological polar surface area (TPSA) is 129 Å². The van der Waals surface area contributed by atoms with E-state index < -0.39 is 11.8 Å². The van der Waals surface area contributed by atoms with Gasteiger partial charge in [0.2, 0.25) is 5.91 Å². The van der Waals surface area contributed by atoms with Crippen molar-refractivity contribution in [3.63, 3.8) is 0 Å². The van der Waals surface area contributed by atoms with E-state index in [1.54, 1.807) is 0 Å². The Morgan fingerprint density at radius 2 is 1.56 bits per heavy atom. The number of benzene rings is 4. The van der Waals surface area contributed by atoms with Crippen LogP contribution in [0.5, 0.6) is 0 Å². The zero-order valence-corrected chi connectivity index (χ0v) is 28.9. The first-order valence-electron chi connectivity index (χ1n) is 17.9. The van der Waals surface area contributed by atoms with E-state index in [2.05, 4.69) is 42.5 Å². The first kappa shape index (κ1) is 33.9. The fourth-order valence-electron chi connectivity index (χ4n) is 7.59. The second-order valence-electron chi connectivity index (χ2n) is 13.8. The summed E-state index contributed by atoms with van der Waals surface area (Å²) in [7, 11) is 0. The summed E-state index contributed by atoms with van der Waals surface area (Å²) >= 11 is 0. The van der Waals surface area contributed by atoms with E-state index in [1.807, 2.05) is 91.0 Å². The number of para-hydroxylation sites is 3. The average molecular weight is 699 g/mol. The van der Waals surface area contributed by atoms with Crippen LogP contribution in [0.4, 0.5) is 5.69 Å². The highest BCUT2D eigenvalue weighted by atomic mass is 16.7. The number of aliphatic hydroxyl groups is 1. The second-order valence-corrected chi connectivity index (χ2v) is 13.8. The third-order valence-electron chi connectivity index (χ3n) is 10.6. The Kier molecular flexibility index (Phi) is 9.66. The van der Waals surface area contributed by atoms with Crippen molar-refractivity contribution in [2.24, 2.45) is 0 Å². The molecule has 3 aliphatic heterocycles. The highest BCUT2D eigenvalue weighted by Gasteiger charge is 2.50. The molecule has 2 amide bonds. The molecule has 0 radical (unpaired) electrons. The molecule has 52 heavy (non-hydrogen) atoms. The van der Waals surface area contributed by atoms with Gasteiger partial charge in [-0.2, -0.15) is 0 Å². The normalized spacial score (nSPS) is 21.7. The number of hydrogen-bond acceptors (Lipinski definition) is 9. The number of ether oxygens (including phenoxy) is 2. The number of aromatic nitrogens is 2. The van der Waals surface area contributed by atoms with Gasteiger partial charge in [-0.1, -0.05) is 78.9 Å². The third-order valence-corrected chi connectivity index (χ3v) is 10.6. The minimum Gasteiger partial charge on any atom is -0.392 e. The highest BCUT2D eigenvalue weighted by Crippen LogP contribution is 2.40. The van der Waals surface area contributed by atoms with Crippen LogP contribution in [-0.4, -0.2) is 69.7 Å². The van der Waals surface area contributed by atoms with Gasteiger partial charge in [-0.15, -0.1) is 0 Å². The van der Waals surface area contributed by atoms with Crippen LogP contribution in [-0.2, 0) is 27.4 Å². The van der Waals surface area contributed by atoms with E-state index in [-0.39, 0.29) is 36.3 Å². The van der Waals surface area contributed by atoms with Crippen LogP contribution in [0.15, 0.2) is 109 Å². The van der Waals surface area contributed by atoms with Gasteiger partial charge in [0.05, 0.1) is 42.7 Å². The lowest BCUT2D eigenvalue weighted by molar-refractivity contribution is -0.253. The zero-order valence-electron chi connectivity index (χ0n) is 28.9. The van der Waals surface area contributed by atoms with Crippen LogP contribution in [0.2, 0.25) is 0 Å². The third kappa shape index (κ3) is 7.00. The van der Waals surface area contributed by atoms with Crippen molar-refractivity contribution in [1.82, 2.24) is 25.5 Å². The molecule has 8 rings (SSSR count). The van der Waals surface area contributed by atoms with Gasteiger partial charge in [-0.3, -0.25) is 14.6 Å². The van der Waals surface area contributed by atoms with Gasteiger partial charge in [0, 0.05) is 43.9 Å². The standard InChI is InChI=1S/C41H42N6O5/c48-26-29-12-14-30(15-13-29)37-22-33(25-46-20-18-41(19-21-46)40(50)44-27-47(41)32-6-2-1-3-7-32)51-39(52-37)31-16-10-28(11-17-31)23-43-38(49)36-24-42-34-8-4-5-9-35(34)45-36/h1-17,24,33,37,39,48H,18-23,25-27H2,(H,43,49)(H,44,50)/t33-,37+,39+/m1/s1. The Morgan fingerprint density at radius 3 is 2.31 bits per heavy atom. The summed E-state index contributed by atoms with van der Waals surface area (Å²) in [5.74, 6) is -0.181. The molecule has 4 heterocycles. The number of carbonyl (C=O) groups excluding carboxylic acids is 2. The van der Waals surface area contributed by atoms with E-state index in [1.165, 1.54) is 6.20 Å². The monoisotopic (exact) mass is 698 g/mol. The van der Waals surface area contributed by atoms with Gasteiger partial charge in [0.25, 0.3) is 5.91 Å². The number of nitrogens with zero attached hydrogens (tertiary/aromatic N) is 4. The largest absolute Gasteiger partial charge is 0.392 e. The molecule has 11 nitrogen and oxygen atoms in total. The number of carbonyl (C=O) groups is 2. The quantitative estimate of drug-likeness (QED) is 0.194. The number of piperidine rings is 1. The predicted molar refractivity (Wildman–Crippen MR) is 196 cm³/mol. The summed E-state index contributed by atoms with van der Waals surface area (Å²) in [6.07, 6.45) is 2.73. The van der Waals surface area contributed by atoms with E-state index >= 15 is 0 Å². The molecule has 3 atom stereocenters. The number of rotatable bonds is 9. The van der Waals surface area contributed by atoms with Gasteiger partial charge < -0.3 is 35.0 Å². The van der Waals surface area contributed by atoms with Gasteiger partial charge in [-0.05, 0) is 53.8 Å². The van der Waals surface area contributed by atoms with Gasteiger partial charge >= 0.3 is 0 Å². The molecule has 3 N–H and O–H groups in total. The minimum absolute atomic E-state index is 0.0151. The van der Waals surface area contributed by atoms with Crippen LogP contribution in [0, 0.1) is 0 Å². The minimum atomic E-state index is -0.594. The number of amides is 2. The Morgan fingerprint density at radius 1 is 0.865 bits per heavy atom. The van der Waals surface area contributed by atoms with Gasteiger partial charge in [0.1, 0.15) is 11.2 Å². The average Bonchev–Trinajstić information content (AvgIpc) is 3.52. The molecule has 4 aromatic carbocycles. The molecule has 1 spiro atoms. The van der Waals surface area contributed by atoms with Crippen molar-refractivity contribution in [2.75, 3.05) is 31.2 Å². The molecule has 0 aliphatic carbocycles. The van der Waals surface area contributed by atoms with Crippen molar-refractivity contribution in [3.8, 4) is 0 Å².